The maximum Gasteiger partial charge on any atom is 0.229 e. The van der Waals surface area contributed by atoms with Gasteiger partial charge in [-0.3, -0.25) is 4.79 Å². The van der Waals surface area contributed by atoms with Crippen LogP contribution in [-0.4, -0.2) is 126 Å². The Hall–Kier alpha value is -3.55. The molecule has 2 fully saturated rings. The van der Waals surface area contributed by atoms with E-state index in [1.54, 1.807) is 0 Å². The Morgan fingerprint density at radius 2 is 1.35 bits per heavy atom. The quantitative estimate of drug-likeness (QED) is 0.124. The zero-order valence-corrected chi connectivity index (χ0v) is 22.1. The van der Waals surface area contributed by atoms with E-state index in [1.807, 2.05) is 0 Å². The highest BCUT2D eigenvalue weighted by Crippen LogP contribution is 2.43. The average molecular weight is 611 g/mol. The van der Waals surface area contributed by atoms with E-state index < -0.39 is 97.3 Å². The van der Waals surface area contributed by atoms with Crippen LogP contribution in [0.25, 0.3) is 22.6 Å². The Balaban J connectivity index is 1.57. The molecule has 0 amide bonds. The topological polar surface area (TPSA) is 269 Å². The van der Waals surface area contributed by atoms with Crippen LogP contribution in [0.15, 0.2) is 45.6 Å². The molecule has 234 valence electrons. The van der Waals surface area contributed by atoms with Gasteiger partial charge in [-0.25, -0.2) is 0 Å². The number of fused-ring (bicyclic) bond motifs is 1. The lowest BCUT2D eigenvalue weighted by molar-refractivity contribution is -0.357. The normalized spacial score (nSPS) is 33.0. The van der Waals surface area contributed by atoms with Crippen molar-refractivity contribution in [3.8, 4) is 45.6 Å². The molecule has 1 aromatic rings. The standard InChI is InChI=1S/C27H30O16/c28-7-17-19(34)21(36)23(38)26(41-17)43-25-22(37)20(35)18(8-29)42-27(25)40-16-6-11-13(32)4-10(30)5-15(11)39-24(16)9-1-2-12(31)14(33)3-9/h1-6,17-23,25-29,31-38H,7-8H2/t17-,18-,19-,20-,21+,22+,23-,25-,26+,27-/m1/s1. The van der Waals surface area contributed by atoms with Crippen molar-refractivity contribution in [1.82, 2.24) is 0 Å². The smallest absolute Gasteiger partial charge is 0.229 e. The SMILES string of the molecule is O=c1cc2oc(-c3ccc(O)c(O)c3)c(O[C@@H]3O[C@H](CO)[C@@H](O)[C@H](O)[C@H]3O[C@@H]3O[C@H](CO)[C@@H](O)[C@H](O)[C@H]3O)cc-2c(O)c1. The van der Waals surface area contributed by atoms with E-state index in [-0.39, 0.29) is 28.4 Å². The van der Waals surface area contributed by atoms with Gasteiger partial charge in [0, 0.05) is 17.7 Å². The van der Waals surface area contributed by atoms with Crippen LogP contribution in [0.2, 0.25) is 0 Å². The number of phenolic OH excluding ortho intramolecular Hbond substituents is 3. The average Bonchev–Trinajstić information content (AvgIpc) is 2.98. The lowest BCUT2D eigenvalue weighted by Gasteiger charge is -2.45. The third-order valence-corrected chi connectivity index (χ3v) is 7.25. The summed E-state index contributed by atoms with van der Waals surface area (Å²) in [5.74, 6) is -2.02. The van der Waals surface area contributed by atoms with E-state index in [0.717, 1.165) is 24.3 Å². The van der Waals surface area contributed by atoms with Crippen LogP contribution >= 0.6 is 0 Å². The fourth-order valence-corrected chi connectivity index (χ4v) is 4.88. The van der Waals surface area contributed by atoms with Gasteiger partial charge in [-0.2, -0.15) is 0 Å². The summed E-state index contributed by atoms with van der Waals surface area (Å²) in [6.45, 7) is -1.57. The van der Waals surface area contributed by atoms with Crippen molar-refractivity contribution in [1.29, 1.82) is 0 Å². The van der Waals surface area contributed by atoms with Crippen molar-refractivity contribution in [2.75, 3.05) is 13.2 Å². The van der Waals surface area contributed by atoms with Crippen molar-refractivity contribution < 1.29 is 74.4 Å². The minimum atomic E-state index is -1.90. The van der Waals surface area contributed by atoms with E-state index in [2.05, 4.69) is 0 Å². The monoisotopic (exact) mass is 610 g/mol. The molecule has 10 atom stereocenters. The molecule has 10 N–H and O–H groups in total. The third kappa shape index (κ3) is 5.85. The van der Waals surface area contributed by atoms with Gasteiger partial charge in [0.25, 0.3) is 0 Å². The van der Waals surface area contributed by atoms with Gasteiger partial charge in [0.1, 0.15) is 54.2 Å². The number of aliphatic hydroxyl groups is 7. The molecule has 0 aromatic heterocycles. The molecule has 16 nitrogen and oxygen atoms in total. The Bertz CT molecular complexity index is 1460. The second-order valence-electron chi connectivity index (χ2n) is 10.1. The number of hydrogen-bond acceptors (Lipinski definition) is 16. The lowest BCUT2D eigenvalue weighted by Crippen LogP contribution is -2.65. The highest BCUT2D eigenvalue weighted by atomic mass is 16.8. The van der Waals surface area contributed by atoms with Gasteiger partial charge in [-0.05, 0) is 24.3 Å². The predicted octanol–water partition coefficient (Wildman–Crippen LogP) is -2.47. The second kappa shape index (κ2) is 12.2. The Morgan fingerprint density at radius 1 is 0.698 bits per heavy atom. The van der Waals surface area contributed by atoms with Gasteiger partial charge < -0.3 is 74.4 Å². The first-order chi connectivity index (χ1) is 20.4. The van der Waals surface area contributed by atoms with Crippen LogP contribution in [-0.2, 0) is 14.2 Å². The highest BCUT2D eigenvalue weighted by Gasteiger charge is 2.51. The second-order valence-corrected chi connectivity index (χ2v) is 10.1. The van der Waals surface area contributed by atoms with Crippen molar-refractivity contribution in [2.24, 2.45) is 0 Å². The molecule has 43 heavy (non-hydrogen) atoms. The van der Waals surface area contributed by atoms with Gasteiger partial charge in [0.05, 0.1) is 18.8 Å². The minimum Gasteiger partial charge on any atom is -0.507 e. The van der Waals surface area contributed by atoms with Crippen LogP contribution in [0, 0.1) is 0 Å². The van der Waals surface area contributed by atoms with Crippen molar-refractivity contribution in [2.45, 2.75) is 61.4 Å². The first-order valence-corrected chi connectivity index (χ1v) is 13.0. The zero-order chi connectivity index (χ0) is 31.2. The summed E-state index contributed by atoms with van der Waals surface area (Å²) < 4.78 is 28.5. The number of benzene rings is 2. The largest absolute Gasteiger partial charge is 0.507 e. The molecule has 4 aliphatic rings. The van der Waals surface area contributed by atoms with Crippen LogP contribution in [0.1, 0.15) is 0 Å². The molecule has 16 heteroatoms. The van der Waals surface area contributed by atoms with E-state index in [1.165, 1.54) is 12.1 Å². The number of ether oxygens (including phenoxy) is 4. The third-order valence-electron chi connectivity index (χ3n) is 7.25. The summed E-state index contributed by atoms with van der Waals surface area (Å²) in [4.78, 5) is 12.0. The fourth-order valence-electron chi connectivity index (χ4n) is 4.88. The number of phenols is 3. The summed E-state index contributed by atoms with van der Waals surface area (Å²) >= 11 is 0. The summed E-state index contributed by atoms with van der Waals surface area (Å²) in [5.41, 5.74) is -0.499. The van der Waals surface area contributed by atoms with Crippen LogP contribution in [0.5, 0.6) is 23.0 Å². The Labute approximate surface area is 241 Å². The molecule has 0 spiro atoms. The van der Waals surface area contributed by atoms with Gasteiger partial charge in [0.15, 0.2) is 40.8 Å². The Kier molecular flexibility index (Phi) is 8.77. The van der Waals surface area contributed by atoms with Crippen LogP contribution in [0.3, 0.4) is 0 Å². The molecule has 0 bridgehead atoms. The maximum absolute atomic E-state index is 12.0. The van der Waals surface area contributed by atoms with Crippen LogP contribution in [0.4, 0.5) is 0 Å². The molecule has 0 unspecified atom stereocenters. The fraction of sp³-hybridized carbons (Fsp3) is 0.444. The number of hydrogen-bond donors (Lipinski definition) is 10. The summed E-state index contributed by atoms with van der Waals surface area (Å²) in [6, 6.07) is 6.79. The molecule has 0 saturated carbocycles. The molecule has 3 heterocycles. The predicted molar refractivity (Wildman–Crippen MR) is 139 cm³/mol. The molecule has 1 aromatic carbocycles. The number of aliphatic hydroxyl groups excluding tert-OH is 7. The molecular formula is C27H30O16. The maximum atomic E-state index is 12.0. The van der Waals surface area contributed by atoms with Crippen molar-refractivity contribution in [3.05, 3.63) is 46.6 Å². The van der Waals surface area contributed by atoms with Gasteiger partial charge in [0.2, 0.25) is 6.29 Å². The molecule has 5 rings (SSSR count). The first kappa shape index (κ1) is 30.9. The van der Waals surface area contributed by atoms with E-state index in [4.69, 9.17) is 23.4 Å². The summed E-state index contributed by atoms with van der Waals surface area (Å²) in [5, 5.41) is 102. The number of rotatable bonds is 7. The molecular weight excluding hydrogens is 580 g/mol. The first-order valence-electron chi connectivity index (χ1n) is 13.0. The van der Waals surface area contributed by atoms with E-state index >= 15 is 0 Å². The highest BCUT2D eigenvalue weighted by molar-refractivity contribution is 5.76. The van der Waals surface area contributed by atoms with Gasteiger partial charge in [-0.15, -0.1) is 0 Å². The zero-order valence-electron chi connectivity index (χ0n) is 22.1. The van der Waals surface area contributed by atoms with Gasteiger partial charge >= 0.3 is 0 Å². The number of aromatic hydroxyl groups is 3. The summed E-state index contributed by atoms with van der Waals surface area (Å²) in [6.07, 6.45) is -17.2. The van der Waals surface area contributed by atoms with Crippen LogP contribution < -0.4 is 10.2 Å². The van der Waals surface area contributed by atoms with Gasteiger partial charge in [-0.1, -0.05) is 0 Å². The molecule has 0 radical (unpaired) electrons. The molecule has 1 aliphatic carbocycles. The van der Waals surface area contributed by atoms with Crippen molar-refractivity contribution in [3.63, 3.8) is 0 Å². The summed E-state index contributed by atoms with van der Waals surface area (Å²) in [7, 11) is 0. The molecule has 3 aliphatic heterocycles. The van der Waals surface area contributed by atoms with E-state index in [9.17, 15) is 55.9 Å². The van der Waals surface area contributed by atoms with Crippen molar-refractivity contribution >= 4 is 0 Å². The van der Waals surface area contributed by atoms with E-state index in [0.29, 0.717) is 0 Å². The minimum absolute atomic E-state index is 0.0112. The lowest BCUT2D eigenvalue weighted by atomic mass is 9.97. The molecule has 2 saturated heterocycles. The Morgan fingerprint density at radius 3 is 2.00 bits per heavy atom.